The minimum Gasteiger partial charge on any atom is -0.367 e. The zero-order valence-corrected chi connectivity index (χ0v) is 10.4. The van der Waals surface area contributed by atoms with Crippen molar-refractivity contribution >= 4 is 17.6 Å². The van der Waals surface area contributed by atoms with Gasteiger partial charge in [0.2, 0.25) is 5.88 Å². The highest BCUT2D eigenvalue weighted by molar-refractivity contribution is 7.98. The van der Waals surface area contributed by atoms with Gasteiger partial charge in [0.15, 0.2) is 0 Å². The van der Waals surface area contributed by atoms with Gasteiger partial charge in [0.25, 0.3) is 0 Å². The highest BCUT2D eigenvalue weighted by Gasteiger charge is 2.12. The Kier molecular flexibility index (Phi) is 2.92. The maximum Gasteiger partial charge on any atom is 0.229 e. The van der Waals surface area contributed by atoms with Gasteiger partial charge in [-0.15, -0.1) is 11.8 Å². The Morgan fingerprint density at radius 3 is 2.44 bits per heavy atom. The second-order valence-corrected chi connectivity index (χ2v) is 4.59. The molecule has 0 fully saturated rings. The number of nitrogens with two attached hydrogens (primary N) is 1. The van der Waals surface area contributed by atoms with Crippen LogP contribution in [0, 0.1) is 13.8 Å². The molecule has 0 saturated carbocycles. The van der Waals surface area contributed by atoms with Gasteiger partial charge in [-0.3, -0.25) is 0 Å². The second-order valence-electron chi connectivity index (χ2n) is 3.74. The molecule has 0 unspecified atom stereocenters. The fourth-order valence-corrected chi connectivity index (χ4v) is 2.30. The Balaban J connectivity index is 2.64. The number of aromatic nitrogens is 1. The van der Waals surface area contributed by atoms with Crippen LogP contribution in [0.1, 0.15) is 11.1 Å². The van der Waals surface area contributed by atoms with Gasteiger partial charge in [-0.1, -0.05) is 5.16 Å². The molecule has 0 spiro atoms. The fourth-order valence-electron chi connectivity index (χ4n) is 1.62. The summed E-state index contributed by atoms with van der Waals surface area (Å²) in [6, 6.07) is 4.30. The Morgan fingerprint density at radius 1 is 1.19 bits per heavy atom. The van der Waals surface area contributed by atoms with E-state index >= 15 is 0 Å². The molecule has 0 aliphatic carbocycles. The molecule has 4 heteroatoms. The Morgan fingerprint density at radius 2 is 1.88 bits per heavy atom. The average molecular weight is 234 g/mol. The van der Waals surface area contributed by atoms with Gasteiger partial charge in [0.05, 0.1) is 11.8 Å². The van der Waals surface area contributed by atoms with Crippen molar-refractivity contribution in [1.82, 2.24) is 5.16 Å². The molecule has 1 heterocycles. The summed E-state index contributed by atoms with van der Waals surface area (Å²) in [4.78, 5) is 1.19. The lowest BCUT2D eigenvalue weighted by Crippen LogP contribution is -1.90. The van der Waals surface area contributed by atoms with Crippen molar-refractivity contribution in [1.29, 1.82) is 0 Å². The van der Waals surface area contributed by atoms with Crippen molar-refractivity contribution in [2.45, 2.75) is 18.7 Å². The van der Waals surface area contributed by atoms with Crippen LogP contribution in [-0.4, -0.2) is 11.4 Å². The van der Waals surface area contributed by atoms with Crippen molar-refractivity contribution in [3.63, 3.8) is 0 Å². The van der Waals surface area contributed by atoms with Gasteiger partial charge in [0.1, 0.15) is 0 Å². The van der Waals surface area contributed by atoms with Crippen LogP contribution in [0.5, 0.6) is 0 Å². The third-order valence-corrected chi connectivity index (χ3v) is 3.48. The summed E-state index contributed by atoms with van der Waals surface area (Å²) in [6.45, 7) is 4.20. The Hall–Kier alpha value is -1.42. The number of nitrogen functional groups attached to an aromatic ring is 1. The highest BCUT2D eigenvalue weighted by atomic mass is 32.2. The molecule has 0 radical (unpaired) electrons. The molecule has 3 nitrogen and oxygen atoms in total. The molecule has 0 amide bonds. The monoisotopic (exact) mass is 234 g/mol. The van der Waals surface area contributed by atoms with Crippen molar-refractivity contribution < 1.29 is 4.52 Å². The molecule has 0 saturated heterocycles. The van der Waals surface area contributed by atoms with E-state index in [1.807, 2.05) is 0 Å². The van der Waals surface area contributed by atoms with E-state index in [1.165, 1.54) is 16.0 Å². The first-order valence-electron chi connectivity index (χ1n) is 4.99. The summed E-state index contributed by atoms with van der Waals surface area (Å²) >= 11 is 1.70. The maximum atomic E-state index is 5.75. The normalized spacial score (nSPS) is 10.7. The number of anilines is 1. The van der Waals surface area contributed by atoms with E-state index < -0.39 is 0 Å². The lowest BCUT2D eigenvalue weighted by molar-refractivity contribution is 0.436. The number of benzene rings is 1. The molecule has 84 valence electrons. The first kappa shape index (κ1) is 11.1. The van der Waals surface area contributed by atoms with Gasteiger partial charge in [0, 0.05) is 10.5 Å². The molecule has 0 aliphatic heterocycles. The van der Waals surface area contributed by atoms with E-state index in [1.54, 1.807) is 18.0 Å². The van der Waals surface area contributed by atoms with E-state index in [-0.39, 0.29) is 0 Å². The first-order chi connectivity index (χ1) is 7.63. The van der Waals surface area contributed by atoms with E-state index in [9.17, 15) is 0 Å². The number of hydrogen-bond acceptors (Lipinski definition) is 4. The Labute approximate surface area is 99.0 Å². The zero-order chi connectivity index (χ0) is 11.7. The third-order valence-electron chi connectivity index (χ3n) is 2.70. The predicted octanol–water partition coefficient (Wildman–Crippen LogP) is 3.26. The lowest BCUT2D eigenvalue weighted by atomic mass is 10.0. The number of hydrogen-bond donors (Lipinski definition) is 1. The van der Waals surface area contributed by atoms with Crippen LogP contribution in [0.2, 0.25) is 0 Å². The number of rotatable bonds is 2. The predicted molar refractivity (Wildman–Crippen MR) is 67.6 cm³/mol. The van der Waals surface area contributed by atoms with Crippen molar-refractivity contribution in [3.05, 3.63) is 29.5 Å². The minimum absolute atomic E-state index is 0.374. The zero-order valence-electron chi connectivity index (χ0n) is 9.57. The summed E-state index contributed by atoms with van der Waals surface area (Å²) < 4.78 is 4.91. The number of aryl methyl sites for hydroxylation is 2. The fraction of sp³-hybridized carbons (Fsp3) is 0.250. The smallest absolute Gasteiger partial charge is 0.229 e. The topological polar surface area (TPSA) is 52.0 Å². The summed E-state index contributed by atoms with van der Waals surface area (Å²) in [5.41, 5.74) is 10.2. The van der Waals surface area contributed by atoms with E-state index in [0.29, 0.717) is 5.88 Å². The highest BCUT2D eigenvalue weighted by Crippen LogP contribution is 2.35. The van der Waals surface area contributed by atoms with Gasteiger partial charge in [-0.25, -0.2) is 0 Å². The van der Waals surface area contributed by atoms with Crippen LogP contribution < -0.4 is 5.73 Å². The van der Waals surface area contributed by atoms with Gasteiger partial charge in [-0.05, 0) is 43.4 Å². The molecule has 2 rings (SSSR count). The number of thioether (sulfide) groups is 1. The third kappa shape index (κ3) is 1.80. The Bertz CT molecular complexity index is 520. The molecular weight excluding hydrogens is 220 g/mol. The van der Waals surface area contributed by atoms with Crippen molar-refractivity contribution in [2.24, 2.45) is 0 Å². The van der Waals surface area contributed by atoms with Crippen LogP contribution in [0.15, 0.2) is 27.7 Å². The largest absolute Gasteiger partial charge is 0.367 e. The molecule has 1 aromatic carbocycles. The van der Waals surface area contributed by atoms with Gasteiger partial charge < -0.3 is 10.3 Å². The summed E-state index contributed by atoms with van der Waals surface area (Å²) in [5.74, 6) is 0.374. The molecule has 0 atom stereocenters. The molecular formula is C12H14N2OS. The van der Waals surface area contributed by atoms with E-state index in [2.05, 4.69) is 37.4 Å². The molecule has 16 heavy (non-hydrogen) atoms. The summed E-state index contributed by atoms with van der Waals surface area (Å²) in [6.07, 6.45) is 3.72. The molecule has 2 N–H and O–H groups in total. The maximum absolute atomic E-state index is 5.75. The standard InChI is InChI=1S/C12H14N2OS/c1-7-4-9(10-6-14-15-12(10)13)11(16-3)5-8(7)2/h4-6H,13H2,1-3H3. The SMILES string of the molecule is CSc1cc(C)c(C)cc1-c1cnoc1N. The lowest BCUT2D eigenvalue weighted by Gasteiger charge is -2.09. The quantitative estimate of drug-likeness (QED) is 0.810. The number of nitrogens with zero attached hydrogens (tertiary/aromatic N) is 1. The van der Waals surface area contributed by atoms with Crippen LogP contribution in [0.4, 0.5) is 5.88 Å². The first-order valence-corrected chi connectivity index (χ1v) is 6.21. The van der Waals surface area contributed by atoms with Crippen molar-refractivity contribution in [3.8, 4) is 11.1 Å². The molecule has 0 aliphatic rings. The molecule has 2 aromatic rings. The average Bonchev–Trinajstić information content (AvgIpc) is 2.68. The molecule has 1 aromatic heterocycles. The van der Waals surface area contributed by atoms with Crippen LogP contribution in [0.3, 0.4) is 0 Å². The van der Waals surface area contributed by atoms with Gasteiger partial charge in [-0.2, -0.15) is 0 Å². The van der Waals surface area contributed by atoms with Crippen LogP contribution in [-0.2, 0) is 0 Å². The van der Waals surface area contributed by atoms with Crippen LogP contribution in [0.25, 0.3) is 11.1 Å². The summed E-state index contributed by atoms with van der Waals surface area (Å²) in [7, 11) is 0. The second kappa shape index (κ2) is 4.22. The van der Waals surface area contributed by atoms with E-state index in [4.69, 9.17) is 10.3 Å². The van der Waals surface area contributed by atoms with Crippen molar-refractivity contribution in [2.75, 3.05) is 12.0 Å². The van der Waals surface area contributed by atoms with Crippen LogP contribution >= 0.6 is 11.8 Å². The minimum atomic E-state index is 0.374. The summed E-state index contributed by atoms with van der Waals surface area (Å²) in [5, 5.41) is 3.72. The van der Waals surface area contributed by atoms with E-state index in [0.717, 1.165) is 11.1 Å². The molecule has 0 bridgehead atoms. The van der Waals surface area contributed by atoms with Gasteiger partial charge >= 0.3 is 0 Å².